The minimum absolute atomic E-state index is 0.128. The molecule has 120 valence electrons. The van der Waals surface area contributed by atoms with Gasteiger partial charge in [-0.2, -0.15) is 0 Å². The predicted molar refractivity (Wildman–Crippen MR) is 87.0 cm³/mol. The maximum Gasteiger partial charge on any atom is 0.0609 e. The lowest BCUT2D eigenvalue weighted by molar-refractivity contribution is 0.0373. The highest BCUT2D eigenvalue weighted by Crippen LogP contribution is 2.39. The summed E-state index contributed by atoms with van der Waals surface area (Å²) in [7, 11) is 2.15. The molecule has 1 saturated carbocycles. The smallest absolute Gasteiger partial charge is 0.0609 e. The number of likely N-dealkylation sites (N-methyl/N-ethyl adjacent to an activating group) is 1. The van der Waals surface area contributed by atoms with Gasteiger partial charge < -0.3 is 10.4 Å². The third-order valence-electron chi connectivity index (χ3n) is 5.10. The van der Waals surface area contributed by atoms with E-state index in [1.54, 1.807) is 0 Å². The molecule has 0 aromatic heterocycles. The highest BCUT2D eigenvalue weighted by atomic mass is 16.3. The van der Waals surface area contributed by atoms with Crippen molar-refractivity contribution in [1.29, 1.82) is 0 Å². The Kier molecular flexibility index (Phi) is 6.49. The number of hydrogen-bond donors (Lipinski definition) is 2. The SMILES string of the molecule is CCCNC1CCC(C)(C)CC1CN(C)C(C)(C)CO. The Balaban J connectivity index is 2.68. The molecule has 1 rings (SSSR count). The van der Waals surface area contributed by atoms with Crippen LogP contribution in [0.15, 0.2) is 0 Å². The van der Waals surface area contributed by atoms with E-state index < -0.39 is 0 Å². The molecule has 2 unspecified atom stereocenters. The topological polar surface area (TPSA) is 35.5 Å². The molecule has 1 aliphatic rings. The summed E-state index contributed by atoms with van der Waals surface area (Å²) in [6.45, 7) is 13.7. The summed E-state index contributed by atoms with van der Waals surface area (Å²) in [4.78, 5) is 2.33. The number of aliphatic hydroxyl groups excluding tert-OH is 1. The number of rotatable bonds is 7. The van der Waals surface area contributed by atoms with Gasteiger partial charge in [0.1, 0.15) is 0 Å². The Morgan fingerprint density at radius 1 is 1.35 bits per heavy atom. The molecule has 0 heterocycles. The molecule has 0 bridgehead atoms. The van der Waals surface area contributed by atoms with Crippen LogP contribution in [-0.2, 0) is 0 Å². The molecule has 0 spiro atoms. The van der Waals surface area contributed by atoms with Crippen molar-refractivity contribution < 1.29 is 5.11 Å². The fourth-order valence-corrected chi connectivity index (χ4v) is 3.25. The molecule has 3 heteroatoms. The zero-order valence-corrected chi connectivity index (χ0v) is 14.5. The Bertz CT molecular complexity index is 289. The van der Waals surface area contributed by atoms with E-state index in [2.05, 4.69) is 51.9 Å². The van der Waals surface area contributed by atoms with Crippen LogP contribution in [0, 0.1) is 11.3 Å². The van der Waals surface area contributed by atoms with Crippen LogP contribution in [0.4, 0.5) is 0 Å². The quantitative estimate of drug-likeness (QED) is 0.754. The van der Waals surface area contributed by atoms with Crippen molar-refractivity contribution in [3.8, 4) is 0 Å². The maximum atomic E-state index is 9.55. The van der Waals surface area contributed by atoms with E-state index in [0.717, 1.165) is 13.1 Å². The van der Waals surface area contributed by atoms with Crippen molar-refractivity contribution in [3.63, 3.8) is 0 Å². The number of hydrogen-bond acceptors (Lipinski definition) is 3. The molecular formula is C17H36N2O. The summed E-state index contributed by atoms with van der Waals surface area (Å²) >= 11 is 0. The summed E-state index contributed by atoms with van der Waals surface area (Å²) in [6.07, 6.45) is 5.08. The largest absolute Gasteiger partial charge is 0.394 e. The van der Waals surface area contributed by atoms with Crippen LogP contribution >= 0.6 is 0 Å². The molecular weight excluding hydrogens is 248 g/mol. The zero-order valence-electron chi connectivity index (χ0n) is 14.5. The van der Waals surface area contributed by atoms with Gasteiger partial charge in [0, 0.05) is 18.1 Å². The summed E-state index contributed by atoms with van der Waals surface area (Å²) in [5.74, 6) is 0.682. The minimum atomic E-state index is -0.128. The van der Waals surface area contributed by atoms with Gasteiger partial charge in [-0.05, 0) is 64.5 Å². The number of aliphatic hydroxyl groups is 1. The van der Waals surface area contributed by atoms with E-state index in [0.29, 0.717) is 17.4 Å². The molecule has 2 atom stereocenters. The van der Waals surface area contributed by atoms with Gasteiger partial charge in [0.25, 0.3) is 0 Å². The standard InChI is InChI=1S/C17H36N2O/c1-7-10-18-15-8-9-16(2,3)11-14(15)12-19(6)17(4,5)13-20/h14-15,18,20H,7-13H2,1-6H3. The summed E-state index contributed by atoms with van der Waals surface area (Å²) in [6, 6.07) is 0.639. The average molecular weight is 284 g/mol. The Hall–Kier alpha value is -0.120. The van der Waals surface area contributed by atoms with Crippen LogP contribution in [-0.4, -0.2) is 48.3 Å². The second-order valence-electron chi connectivity index (χ2n) is 8.08. The summed E-state index contributed by atoms with van der Waals surface area (Å²) < 4.78 is 0. The summed E-state index contributed by atoms with van der Waals surface area (Å²) in [5.41, 5.74) is 0.330. The van der Waals surface area contributed by atoms with Gasteiger partial charge in [0.05, 0.1) is 6.61 Å². The third-order valence-corrected chi connectivity index (χ3v) is 5.10. The van der Waals surface area contributed by atoms with Crippen molar-refractivity contribution >= 4 is 0 Å². The molecule has 3 nitrogen and oxygen atoms in total. The number of nitrogens with one attached hydrogen (secondary N) is 1. The molecule has 1 aliphatic carbocycles. The minimum Gasteiger partial charge on any atom is -0.394 e. The molecule has 0 aromatic rings. The zero-order chi connectivity index (χ0) is 15.4. The molecule has 1 fully saturated rings. The second-order valence-corrected chi connectivity index (χ2v) is 8.08. The van der Waals surface area contributed by atoms with Gasteiger partial charge in [-0.25, -0.2) is 0 Å². The number of nitrogens with zero attached hydrogens (tertiary/aromatic N) is 1. The monoisotopic (exact) mass is 284 g/mol. The highest BCUT2D eigenvalue weighted by molar-refractivity contribution is 4.92. The second kappa shape index (κ2) is 7.24. The molecule has 20 heavy (non-hydrogen) atoms. The van der Waals surface area contributed by atoms with Gasteiger partial charge in [0.15, 0.2) is 0 Å². The van der Waals surface area contributed by atoms with Crippen LogP contribution in [0.25, 0.3) is 0 Å². The van der Waals surface area contributed by atoms with E-state index in [-0.39, 0.29) is 12.1 Å². The lowest BCUT2D eigenvalue weighted by Crippen LogP contribution is -2.52. The van der Waals surface area contributed by atoms with E-state index in [9.17, 15) is 5.11 Å². The lowest BCUT2D eigenvalue weighted by Gasteiger charge is -2.45. The van der Waals surface area contributed by atoms with Crippen molar-refractivity contribution in [2.24, 2.45) is 11.3 Å². The lowest BCUT2D eigenvalue weighted by atomic mass is 9.69. The normalized spacial score (nSPS) is 27.0. The molecule has 0 radical (unpaired) electrons. The van der Waals surface area contributed by atoms with Gasteiger partial charge in [-0.15, -0.1) is 0 Å². The first-order valence-electron chi connectivity index (χ1n) is 8.27. The van der Waals surface area contributed by atoms with Gasteiger partial charge in [0.2, 0.25) is 0 Å². The third kappa shape index (κ3) is 5.01. The Labute approximate surface area is 126 Å². The van der Waals surface area contributed by atoms with E-state index in [1.165, 1.54) is 25.7 Å². The average Bonchev–Trinajstić information content (AvgIpc) is 2.37. The van der Waals surface area contributed by atoms with E-state index in [4.69, 9.17) is 0 Å². The van der Waals surface area contributed by atoms with E-state index in [1.807, 2.05) is 0 Å². The summed E-state index contributed by atoms with van der Waals surface area (Å²) in [5, 5.41) is 13.3. The van der Waals surface area contributed by atoms with Crippen molar-refractivity contribution in [1.82, 2.24) is 10.2 Å². The Morgan fingerprint density at radius 3 is 2.55 bits per heavy atom. The van der Waals surface area contributed by atoms with Crippen LogP contribution in [0.1, 0.15) is 60.3 Å². The Morgan fingerprint density at radius 2 is 2.00 bits per heavy atom. The molecule has 0 aromatic carbocycles. The highest BCUT2D eigenvalue weighted by Gasteiger charge is 2.36. The fourth-order valence-electron chi connectivity index (χ4n) is 3.25. The van der Waals surface area contributed by atoms with Crippen LogP contribution in [0.5, 0.6) is 0 Å². The van der Waals surface area contributed by atoms with Crippen molar-refractivity contribution in [3.05, 3.63) is 0 Å². The first kappa shape index (κ1) is 17.9. The van der Waals surface area contributed by atoms with Gasteiger partial charge in [-0.3, -0.25) is 4.90 Å². The van der Waals surface area contributed by atoms with Crippen LogP contribution in [0.2, 0.25) is 0 Å². The fraction of sp³-hybridized carbons (Fsp3) is 1.00. The maximum absolute atomic E-state index is 9.55. The van der Waals surface area contributed by atoms with Crippen molar-refractivity contribution in [2.45, 2.75) is 71.9 Å². The van der Waals surface area contributed by atoms with Gasteiger partial charge in [-0.1, -0.05) is 20.8 Å². The molecule has 2 N–H and O–H groups in total. The first-order chi connectivity index (χ1) is 9.22. The van der Waals surface area contributed by atoms with Crippen LogP contribution < -0.4 is 5.32 Å². The molecule has 0 saturated heterocycles. The molecule has 0 amide bonds. The predicted octanol–water partition coefficient (Wildman–Crippen LogP) is 2.88. The first-order valence-corrected chi connectivity index (χ1v) is 8.27. The van der Waals surface area contributed by atoms with Crippen molar-refractivity contribution in [2.75, 3.05) is 26.7 Å². The van der Waals surface area contributed by atoms with Crippen LogP contribution in [0.3, 0.4) is 0 Å². The van der Waals surface area contributed by atoms with Gasteiger partial charge >= 0.3 is 0 Å². The molecule has 0 aliphatic heterocycles. The van der Waals surface area contributed by atoms with E-state index >= 15 is 0 Å².